The number of hydrogen-bond donors (Lipinski definition) is 1. The summed E-state index contributed by atoms with van der Waals surface area (Å²) in [6.07, 6.45) is 0. The smallest absolute Gasteiger partial charge is 0.0308 e. The molecule has 0 aromatic heterocycles. The molecule has 0 aliphatic rings. The molecule has 0 rings (SSSR count). The predicted octanol–water partition coefficient (Wildman–Crippen LogP) is 2.53. The molecule has 0 saturated heterocycles. The van der Waals surface area contributed by atoms with Gasteiger partial charge in [-0.3, -0.25) is 0 Å². The molecule has 0 bridgehead atoms. The average molecular weight is 135 g/mol. The molecule has 0 saturated carbocycles. The van der Waals surface area contributed by atoms with Gasteiger partial charge in [-0.05, 0) is 5.41 Å². The minimum atomic E-state index is 0.0642. The molecule has 0 radical (unpaired) electrons. The first-order chi connectivity index (χ1) is 4.06. The van der Waals surface area contributed by atoms with Gasteiger partial charge in [0, 0.05) is 6.54 Å². The molecule has 0 unspecified atom stereocenters. The summed E-state index contributed by atoms with van der Waals surface area (Å²) in [5.41, 5.74) is 1.67. The molecule has 1 nitrogen and oxygen atoms in total. The van der Waals surface area contributed by atoms with E-state index in [2.05, 4.69) is 0 Å². The summed E-state index contributed by atoms with van der Waals surface area (Å²) in [4.78, 5) is 0. The number of nitrogens with one attached hydrogen (secondary N) is 1. The van der Waals surface area contributed by atoms with Crippen LogP contribution in [0.2, 0.25) is 0 Å². The zero-order chi connectivity index (χ0) is 7.91. The topological polar surface area (TPSA) is 12.0 Å². The van der Waals surface area contributed by atoms with Crippen LogP contribution >= 0.6 is 0 Å². The van der Waals surface area contributed by atoms with Crippen LogP contribution in [0.5, 0.6) is 0 Å². The Morgan fingerprint density at radius 3 is 1.56 bits per heavy atom. The number of halogens is 1. The average Bonchev–Trinajstić information content (AvgIpc) is 1.69. The van der Waals surface area contributed by atoms with Gasteiger partial charge in [0.1, 0.15) is 0 Å². The third-order valence-electron chi connectivity index (χ3n) is 0.597. The van der Waals surface area contributed by atoms with Gasteiger partial charge in [0.05, 0.1) is 0 Å². The van der Waals surface area contributed by atoms with Gasteiger partial charge in [0.15, 0.2) is 0 Å². The largest absolute Gasteiger partial charge is 0.159 e. The van der Waals surface area contributed by atoms with Gasteiger partial charge < -0.3 is 0 Å². The number of rotatable bonds is 1. The molecule has 9 heavy (non-hydrogen) atoms. The minimum absolute atomic E-state index is 0.0642. The maximum Gasteiger partial charge on any atom is 0.0308 e. The van der Waals surface area contributed by atoms with Gasteiger partial charge in [0.25, 0.3) is 0 Å². The predicted molar refractivity (Wildman–Crippen MR) is 39.9 cm³/mol. The lowest BCUT2D eigenvalue weighted by molar-refractivity contribution is 0.252. The van der Waals surface area contributed by atoms with Gasteiger partial charge in [0.2, 0.25) is 0 Å². The molecule has 0 aliphatic carbocycles. The Morgan fingerprint density at radius 1 is 1.22 bits per heavy atom. The highest BCUT2D eigenvalue weighted by molar-refractivity contribution is 4.60. The highest BCUT2D eigenvalue weighted by atomic mass is 19.2. The maximum absolute atomic E-state index is 11.2. The van der Waals surface area contributed by atoms with Crippen molar-refractivity contribution in [3.05, 3.63) is 0 Å². The highest BCUT2D eigenvalue weighted by Crippen LogP contribution is 2.09. The SMILES string of the molecule is CC.CC(C)(C)CNF. The van der Waals surface area contributed by atoms with E-state index in [0.717, 1.165) is 0 Å². The van der Waals surface area contributed by atoms with Crippen LogP contribution in [0.25, 0.3) is 0 Å². The fourth-order valence-electron chi connectivity index (χ4n) is 0.200. The van der Waals surface area contributed by atoms with E-state index in [1.165, 1.54) is 0 Å². The molecule has 0 fully saturated rings. The quantitative estimate of drug-likeness (QED) is 0.545. The van der Waals surface area contributed by atoms with Crippen molar-refractivity contribution in [2.45, 2.75) is 34.6 Å². The summed E-state index contributed by atoms with van der Waals surface area (Å²) in [6, 6.07) is 0. The highest BCUT2D eigenvalue weighted by Gasteiger charge is 2.07. The summed E-state index contributed by atoms with van der Waals surface area (Å²) in [6.45, 7) is 10.3. The van der Waals surface area contributed by atoms with Crippen LogP contribution in [0.3, 0.4) is 0 Å². The first-order valence-corrected chi connectivity index (χ1v) is 3.40. The van der Waals surface area contributed by atoms with E-state index >= 15 is 0 Å². The standard InChI is InChI=1S/C5H12FN.C2H6/c1-5(2,3)4-7-6;1-2/h7H,4H2,1-3H3;1-2H3. The zero-order valence-electron chi connectivity index (χ0n) is 7.09. The van der Waals surface area contributed by atoms with Crippen molar-refractivity contribution in [2.75, 3.05) is 6.54 Å². The van der Waals surface area contributed by atoms with Crippen LogP contribution in [-0.4, -0.2) is 6.54 Å². The fraction of sp³-hybridized carbons (Fsp3) is 1.00. The molecule has 0 heterocycles. The van der Waals surface area contributed by atoms with Gasteiger partial charge in [-0.15, -0.1) is 4.48 Å². The van der Waals surface area contributed by atoms with E-state index in [1.54, 1.807) is 5.54 Å². The second-order valence-electron chi connectivity index (χ2n) is 2.87. The zero-order valence-corrected chi connectivity index (χ0v) is 7.09. The van der Waals surface area contributed by atoms with Gasteiger partial charge in [-0.25, -0.2) is 0 Å². The molecule has 0 amide bonds. The lowest BCUT2D eigenvalue weighted by Gasteiger charge is -2.14. The van der Waals surface area contributed by atoms with Crippen LogP contribution < -0.4 is 5.54 Å². The Labute approximate surface area is 57.6 Å². The first-order valence-electron chi connectivity index (χ1n) is 3.40. The van der Waals surface area contributed by atoms with Crippen LogP contribution in [0.1, 0.15) is 34.6 Å². The van der Waals surface area contributed by atoms with Crippen molar-refractivity contribution in [3.8, 4) is 0 Å². The van der Waals surface area contributed by atoms with Crippen LogP contribution in [0.4, 0.5) is 4.48 Å². The lowest BCUT2D eigenvalue weighted by atomic mass is 9.98. The molecule has 58 valence electrons. The molecule has 0 aliphatic heterocycles. The fourth-order valence-corrected chi connectivity index (χ4v) is 0.200. The summed E-state index contributed by atoms with van der Waals surface area (Å²) < 4.78 is 11.2. The third-order valence-corrected chi connectivity index (χ3v) is 0.597. The molecule has 2 heteroatoms. The van der Waals surface area contributed by atoms with E-state index in [9.17, 15) is 4.48 Å². The van der Waals surface area contributed by atoms with Crippen molar-refractivity contribution in [1.82, 2.24) is 5.54 Å². The van der Waals surface area contributed by atoms with Crippen molar-refractivity contribution >= 4 is 0 Å². The Kier molecular flexibility index (Phi) is 7.79. The molecular weight excluding hydrogens is 117 g/mol. The normalized spacial score (nSPS) is 10.0. The van der Waals surface area contributed by atoms with Crippen LogP contribution in [0.15, 0.2) is 0 Å². The third kappa shape index (κ3) is 18.1. The van der Waals surface area contributed by atoms with E-state index in [4.69, 9.17) is 0 Å². The van der Waals surface area contributed by atoms with Crippen LogP contribution in [0, 0.1) is 5.41 Å². The van der Waals surface area contributed by atoms with Gasteiger partial charge >= 0.3 is 0 Å². The van der Waals surface area contributed by atoms with Crippen molar-refractivity contribution in [2.24, 2.45) is 5.41 Å². The Balaban J connectivity index is 0. The Morgan fingerprint density at radius 2 is 1.56 bits per heavy atom. The first kappa shape index (κ1) is 11.7. The van der Waals surface area contributed by atoms with Gasteiger partial charge in [-0.2, -0.15) is 5.54 Å². The Hall–Kier alpha value is -0.110. The second kappa shape index (κ2) is 6.02. The summed E-state index contributed by atoms with van der Waals surface area (Å²) in [5, 5.41) is 0. The van der Waals surface area contributed by atoms with E-state index in [-0.39, 0.29) is 5.41 Å². The van der Waals surface area contributed by atoms with E-state index in [0.29, 0.717) is 6.54 Å². The van der Waals surface area contributed by atoms with Crippen molar-refractivity contribution in [1.29, 1.82) is 0 Å². The molecule has 0 atom stereocenters. The molecule has 0 spiro atoms. The molecule has 1 N–H and O–H groups in total. The summed E-state index contributed by atoms with van der Waals surface area (Å²) in [5.74, 6) is 0. The van der Waals surface area contributed by atoms with Crippen molar-refractivity contribution in [3.63, 3.8) is 0 Å². The molecule has 0 aromatic rings. The van der Waals surface area contributed by atoms with E-state index < -0.39 is 0 Å². The number of hydrogen-bond acceptors (Lipinski definition) is 1. The molecule has 0 aromatic carbocycles. The second-order valence-corrected chi connectivity index (χ2v) is 2.87. The maximum atomic E-state index is 11.2. The van der Waals surface area contributed by atoms with Crippen molar-refractivity contribution < 1.29 is 4.48 Å². The van der Waals surface area contributed by atoms with E-state index in [1.807, 2.05) is 34.6 Å². The summed E-state index contributed by atoms with van der Waals surface area (Å²) >= 11 is 0. The van der Waals surface area contributed by atoms with Crippen LogP contribution in [-0.2, 0) is 0 Å². The monoisotopic (exact) mass is 135 g/mol. The minimum Gasteiger partial charge on any atom is -0.159 e. The Bertz CT molecular complexity index is 47.4. The summed E-state index contributed by atoms with van der Waals surface area (Å²) in [7, 11) is 0. The van der Waals surface area contributed by atoms with Gasteiger partial charge in [-0.1, -0.05) is 34.6 Å². The lowest BCUT2D eigenvalue weighted by Crippen LogP contribution is -2.20. The molecular formula is C7H18FN.